The van der Waals surface area contributed by atoms with Crippen LogP contribution < -0.4 is 33.8 Å². The summed E-state index contributed by atoms with van der Waals surface area (Å²) >= 11 is 27.7. The van der Waals surface area contributed by atoms with Crippen LogP contribution in [-0.4, -0.2) is 43.9 Å². The van der Waals surface area contributed by atoms with Gasteiger partial charge in [0.2, 0.25) is 0 Å². The van der Waals surface area contributed by atoms with Crippen LogP contribution >= 0.6 is 103 Å². The molecule has 6 aromatic carbocycles. The fourth-order valence-electron chi connectivity index (χ4n) is 7.74. The number of carboxylic acid groups (broad SMARTS) is 3. The van der Waals surface area contributed by atoms with E-state index in [2.05, 4.69) is 79.6 Å². The minimum atomic E-state index is -1.30. The maximum atomic E-state index is 11.7. The normalized spacial score (nSPS) is 10.5. The molecule has 0 aliphatic carbocycles. The predicted molar refractivity (Wildman–Crippen MR) is 350 cm³/mol. The number of hydrogen-bond acceptors (Lipinski definition) is 18. The maximum Gasteiger partial charge on any atom is 0.416 e. The summed E-state index contributed by atoms with van der Waals surface area (Å²) in [6, 6.07) is 39.4. The van der Waals surface area contributed by atoms with E-state index in [9.17, 15) is 58.1 Å². The smallest absolute Gasteiger partial charge is 0.416 e. The highest BCUT2D eigenvalue weighted by molar-refractivity contribution is 9.11. The van der Waals surface area contributed by atoms with Gasteiger partial charge in [-0.05, 0) is 138 Å². The first-order valence-electron chi connectivity index (χ1n) is 25.0. The van der Waals surface area contributed by atoms with Crippen LogP contribution in [-0.2, 0) is 0 Å². The van der Waals surface area contributed by atoms with E-state index in [1.54, 1.807) is 103 Å². The molecular weight excluding hydrogens is 1550 g/mol. The van der Waals surface area contributed by atoms with E-state index in [0.29, 0.717) is 60.4 Å². The van der Waals surface area contributed by atoms with Crippen LogP contribution in [0.1, 0.15) is 61.2 Å². The summed E-state index contributed by atoms with van der Waals surface area (Å²) in [5, 5.41) is 40.3. The molecule has 0 bridgehead atoms. The molecule has 3 N–H and O–H groups in total. The van der Waals surface area contributed by atoms with Crippen molar-refractivity contribution in [2.24, 2.45) is 0 Å². The Hall–Kier alpha value is -8.96. The number of Topliss-reactive ketones (excluding diaryl/α,β-unsaturated/α-hetero) is 1. The van der Waals surface area contributed by atoms with Gasteiger partial charge in [0.05, 0.1) is 9.40 Å². The summed E-state index contributed by atoms with van der Waals surface area (Å²) in [7, 11) is 0. The minimum absolute atomic E-state index is 0.119. The van der Waals surface area contributed by atoms with Crippen molar-refractivity contribution in [3.63, 3.8) is 0 Å². The molecule has 0 radical (unpaired) electrons. The molecule has 90 heavy (non-hydrogen) atoms. The third kappa shape index (κ3) is 17.3. The van der Waals surface area contributed by atoms with Crippen molar-refractivity contribution in [1.29, 1.82) is 0 Å². The number of carboxylic acids is 3. The lowest BCUT2D eigenvalue weighted by atomic mass is 10.1. The monoisotopic (exact) mass is 1580 g/mol. The molecule has 0 saturated carbocycles. The number of ketones is 1. The van der Waals surface area contributed by atoms with Gasteiger partial charge in [-0.15, -0.1) is 0 Å². The lowest BCUT2D eigenvalue weighted by Gasteiger charge is -2.01. The third-order valence-corrected chi connectivity index (χ3v) is 15.0. The highest BCUT2D eigenvalue weighted by Crippen LogP contribution is 2.30. The van der Waals surface area contributed by atoms with E-state index < -0.39 is 62.3 Å². The van der Waals surface area contributed by atoms with Gasteiger partial charge in [0, 0.05) is 56.6 Å². The highest BCUT2D eigenvalue weighted by Gasteiger charge is 2.23. The van der Waals surface area contributed by atoms with Gasteiger partial charge in [0.1, 0.15) is 60.2 Å². The van der Waals surface area contributed by atoms with Gasteiger partial charge in [-0.1, -0.05) is 124 Å². The van der Waals surface area contributed by atoms with Crippen LogP contribution in [0.5, 0.6) is 0 Å². The zero-order valence-electron chi connectivity index (χ0n) is 45.1. The Kier molecular flexibility index (Phi) is 23.2. The number of carbonyl (C=O) groups is 4. The zero-order valence-corrected chi connectivity index (χ0v) is 54.5. The summed E-state index contributed by atoms with van der Waals surface area (Å²) in [5.74, 6) is -4.04. The van der Waals surface area contributed by atoms with Gasteiger partial charge >= 0.3 is 57.3 Å². The number of nitrogens with zero attached hydrogens (tertiary/aromatic N) is 1. The number of benzene rings is 6. The molecule has 0 aliphatic rings. The maximum absolute atomic E-state index is 11.7. The molecule has 0 spiro atoms. The van der Waals surface area contributed by atoms with Crippen LogP contribution in [0.3, 0.4) is 0 Å². The fourth-order valence-corrected chi connectivity index (χ4v) is 10.7. The lowest BCUT2D eigenvalue weighted by Crippen LogP contribution is -2.13. The van der Waals surface area contributed by atoms with E-state index in [1.807, 2.05) is 25.1 Å². The first-order valence-corrected chi connectivity index (χ1v) is 29.8. The van der Waals surface area contributed by atoms with E-state index in [0.717, 1.165) is 35.1 Å². The van der Waals surface area contributed by atoms with Gasteiger partial charge in [-0.2, -0.15) is 0 Å². The van der Waals surface area contributed by atoms with E-state index in [1.165, 1.54) is 24.3 Å². The Balaban J connectivity index is 0.000000154. The van der Waals surface area contributed by atoms with Gasteiger partial charge < -0.3 is 41.8 Å². The second-order valence-corrected chi connectivity index (χ2v) is 23.3. The van der Waals surface area contributed by atoms with Crippen molar-refractivity contribution < 1.29 is 65.9 Å². The molecule has 6 heterocycles. The third-order valence-electron chi connectivity index (χ3n) is 11.8. The summed E-state index contributed by atoms with van der Waals surface area (Å²) < 4.78 is 33.2. The average molecular weight is 1590 g/mol. The first-order chi connectivity index (χ1) is 42.6. The number of carbonyl (C=O) groups excluding carboxylic acids is 1. The Labute approximate surface area is 552 Å². The molecule has 0 fully saturated rings. The minimum Gasteiger partial charge on any atom is -0.477 e. The Morgan fingerprint density at radius 3 is 1.31 bits per heavy atom. The van der Waals surface area contributed by atoms with E-state index >= 15 is 0 Å². The van der Waals surface area contributed by atoms with Crippen molar-refractivity contribution >= 4 is 198 Å². The van der Waals surface area contributed by atoms with Crippen LogP contribution in [0.2, 0.25) is 10.0 Å². The molecule has 0 saturated heterocycles. The number of nitro groups is 1. The number of hydrogen-bond donors (Lipinski definition) is 3. The number of fused-ring (bicyclic) bond motifs is 6. The first kappa shape index (κ1) is 68.5. The Morgan fingerprint density at radius 1 is 0.444 bits per heavy atom. The average Bonchev–Trinajstić information content (AvgIpc) is 1.25. The summed E-state index contributed by atoms with van der Waals surface area (Å²) in [6.07, 6.45) is 1.08. The summed E-state index contributed by atoms with van der Waals surface area (Å²) in [4.78, 5) is 121. The standard InChI is InChI=1S/C13H11BrO3.C10H4Br2O4.2C10H5BrO4.C9H4ClNO4.C9H5ClO2/c1-2-3-11(15)10-7-8-6-9(14)4-5-12(8)17-13(10)16;11-5-1-4-2-6(9(13)14)10(15)16-8(4)7(12)3-5;2*11-6-1-2-8-5(3-6)4-7(9(12)13)10(14)15-8;10-7-5-3-1-2-4-6(5)15-9(12)8(7)11(13)14;10-7-5-6-3-1-2-4-8(6)12-9(7)11/h4-7H,2-3H2,1H3;1-3H,(H,13,14);2*1-4H,(H,12,13);1-4H;1-5H. The second kappa shape index (κ2) is 30.5. The summed E-state index contributed by atoms with van der Waals surface area (Å²) in [6.45, 7) is 1.90. The van der Waals surface area contributed by atoms with E-state index in [-0.39, 0.29) is 43.7 Å². The molecule has 29 heteroatoms. The molecule has 0 aliphatic heterocycles. The largest absolute Gasteiger partial charge is 0.477 e. The predicted octanol–water partition coefficient (Wildman–Crippen LogP) is 15.9. The lowest BCUT2D eigenvalue weighted by molar-refractivity contribution is -0.387. The number of aromatic carboxylic acids is 3. The van der Waals surface area contributed by atoms with Gasteiger partial charge in [-0.3, -0.25) is 14.9 Å². The quantitative estimate of drug-likeness (QED) is 0.0577. The Morgan fingerprint density at radius 2 is 0.833 bits per heavy atom. The molecule has 6 aromatic heterocycles. The molecule has 12 aromatic rings. The van der Waals surface area contributed by atoms with Crippen molar-refractivity contribution in [3.8, 4) is 0 Å². The van der Waals surface area contributed by atoms with Crippen molar-refractivity contribution in [3.05, 3.63) is 273 Å². The van der Waals surface area contributed by atoms with Crippen molar-refractivity contribution in [1.82, 2.24) is 0 Å². The molecular formula is C61H34Br5Cl2NO21. The highest BCUT2D eigenvalue weighted by atomic mass is 79.9. The molecule has 458 valence electrons. The SMILES string of the molecule is CCCC(=O)c1cc2cc(Br)ccc2oc1=O.O=C(O)c1cc2cc(Br)cc(Br)c2oc1=O.O=C(O)c1cc2cc(Br)ccc2oc1=O.O=C(O)c1cc2cc(Br)ccc2oc1=O.O=c1oc2ccccc2c(Cl)c1[N+](=O)[O-].O=c1oc2ccccc2cc1Cl. The second-order valence-electron chi connectivity index (χ2n) is 18.0. The van der Waals surface area contributed by atoms with E-state index in [4.69, 9.17) is 65.0 Å². The van der Waals surface area contributed by atoms with Crippen molar-refractivity contribution in [2.75, 3.05) is 0 Å². The summed E-state index contributed by atoms with van der Waals surface area (Å²) in [5.41, 5.74) is -3.95. The van der Waals surface area contributed by atoms with Crippen LogP contribution in [0.25, 0.3) is 65.8 Å². The number of para-hydroxylation sites is 2. The van der Waals surface area contributed by atoms with Crippen LogP contribution in [0.15, 0.2) is 223 Å². The van der Waals surface area contributed by atoms with Crippen molar-refractivity contribution in [2.45, 2.75) is 19.8 Å². The molecule has 12 rings (SSSR count). The van der Waals surface area contributed by atoms with Gasteiger partial charge in [0.25, 0.3) is 0 Å². The number of halogens is 7. The Bertz CT molecular complexity index is 5120. The van der Waals surface area contributed by atoms with Gasteiger partial charge in [0.15, 0.2) is 11.4 Å². The molecule has 0 amide bonds. The number of rotatable bonds is 7. The van der Waals surface area contributed by atoms with Gasteiger partial charge in [-0.25, -0.2) is 43.2 Å². The fraction of sp³-hybridized carbons (Fsp3) is 0.0492. The molecule has 0 unspecified atom stereocenters. The van der Waals surface area contributed by atoms with Crippen LogP contribution in [0.4, 0.5) is 5.69 Å². The zero-order chi connectivity index (χ0) is 65.8. The topological polar surface area (TPSA) is 353 Å². The van der Waals surface area contributed by atoms with Crippen LogP contribution in [0, 0.1) is 10.1 Å². The molecule has 0 atom stereocenters. The molecule has 22 nitrogen and oxygen atoms in total.